The summed E-state index contributed by atoms with van der Waals surface area (Å²) in [5, 5.41) is 19.5. The Balaban J connectivity index is 1.62. The number of rotatable bonds is 3. The van der Waals surface area contributed by atoms with Gasteiger partial charge < -0.3 is 19.7 Å². The Morgan fingerprint density at radius 3 is 2.71 bits per heavy atom. The van der Waals surface area contributed by atoms with E-state index in [1.54, 1.807) is 0 Å². The SMILES string of the molecule is CC(O)CCC1C(O)CC2C1CC21OCCO1. The van der Waals surface area contributed by atoms with E-state index in [1.165, 1.54) is 0 Å². The highest BCUT2D eigenvalue weighted by molar-refractivity contribution is 5.08. The predicted molar refractivity (Wildman–Crippen MR) is 61.3 cm³/mol. The highest BCUT2D eigenvalue weighted by atomic mass is 16.7. The van der Waals surface area contributed by atoms with E-state index in [0.29, 0.717) is 31.0 Å². The number of ether oxygens (including phenoxy) is 2. The molecule has 0 amide bonds. The van der Waals surface area contributed by atoms with Crippen molar-refractivity contribution in [2.24, 2.45) is 17.8 Å². The minimum atomic E-state index is -0.356. The minimum absolute atomic E-state index is 0.240. The van der Waals surface area contributed by atoms with Crippen molar-refractivity contribution in [1.82, 2.24) is 0 Å². The molecule has 1 saturated heterocycles. The number of aliphatic hydroxyl groups is 2. The Kier molecular flexibility index (Phi) is 2.94. The zero-order chi connectivity index (χ0) is 12.0. The van der Waals surface area contributed by atoms with Crippen LogP contribution in [0.25, 0.3) is 0 Å². The van der Waals surface area contributed by atoms with Crippen LogP contribution in [0.1, 0.15) is 32.6 Å². The van der Waals surface area contributed by atoms with Gasteiger partial charge in [0.2, 0.25) is 0 Å². The Hall–Kier alpha value is -0.160. The molecule has 4 nitrogen and oxygen atoms in total. The van der Waals surface area contributed by atoms with Gasteiger partial charge in [-0.05, 0) is 38.0 Å². The van der Waals surface area contributed by atoms with Crippen LogP contribution in [0.4, 0.5) is 0 Å². The number of fused-ring (bicyclic) bond motifs is 2. The number of hydrogen-bond donors (Lipinski definition) is 2. The van der Waals surface area contributed by atoms with E-state index >= 15 is 0 Å². The van der Waals surface area contributed by atoms with E-state index in [-0.39, 0.29) is 18.0 Å². The highest BCUT2D eigenvalue weighted by Gasteiger charge is 2.64. The largest absolute Gasteiger partial charge is 0.393 e. The van der Waals surface area contributed by atoms with Crippen LogP contribution in [0.3, 0.4) is 0 Å². The van der Waals surface area contributed by atoms with Gasteiger partial charge in [-0.2, -0.15) is 0 Å². The maximum atomic E-state index is 10.1. The first-order valence-corrected chi connectivity index (χ1v) is 6.76. The summed E-state index contributed by atoms with van der Waals surface area (Å²) in [6.07, 6.45) is 2.91. The second kappa shape index (κ2) is 4.19. The summed E-state index contributed by atoms with van der Waals surface area (Å²) in [5.74, 6) is 0.875. The average molecular weight is 242 g/mol. The molecule has 2 aliphatic carbocycles. The molecule has 2 saturated carbocycles. The highest BCUT2D eigenvalue weighted by Crippen LogP contribution is 2.60. The Labute approximate surface area is 102 Å². The van der Waals surface area contributed by atoms with Gasteiger partial charge in [0.25, 0.3) is 0 Å². The molecular weight excluding hydrogens is 220 g/mol. The lowest BCUT2D eigenvalue weighted by Gasteiger charge is -2.49. The summed E-state index contributed by atoms with van der Waals surface area (Å²) < 4.78 is 11.5. The summed E-state index contributed by atoms with van der Waals surface area (Å²) in [5.41, 5.74) is 0. The zero-order valence-corrected chi connectivity index (χ0v) is 10.3. The van der Waals surface area contributed by atoms with Gasteiger partial charge in [0.05, 0.1) is 25.4 Å². The Morgan fingerprint density at radius 2 is 2.06 bits per heavy atom. The van der Waals surface area contributed by atoms with Gasteiger partial charge in [-0.15, -0.1) is 0 Å². The van der Waals surface area contributed by atoms with Gasteiger partial charge in [-0.25, -0.2) is 0 Å². The Morgan fingerprint density at radius 1 is 1.35 bits per heavy atom. The van der Waals surface area contributed by atoms with E-state index < -0.39 is 0 Å². The lowest BCUT2D eigenvalue weighted by molar-refractivity contribution is -0.272. The Bertz CT molecular complexity index is 285. The molecule has 1 heterocycles. The molecule has 1 spiro atoms. The molecule has 4 heteroatoms. The normalized spacial score (nSPS) is 44.6. The van der Waals surface area contributed by atoms with Gasteiger partial charge in [0.1, 0.15) is 0 Å². The third-order valence-corrected chi connectivity index (χ3v) is 4.84. The molecule has 2 N–H and O–H groups in total. The molecular formula is C13H22O4. The van der Waals surface area contributed by atoms with Crippen LogP contribution in [0.5, 0.6) is 0 Å². The minimum Gasteiger partial charge on any atom is -0.393 e. The van der Waals surface area contributed by atoms with Gasteiger partial charge in [-0.3, -0.25) is 0 Å². The molecule has 0 aromatic heterocycles. The van der Waals surface area contributed by atoms with Crippen molar-refractivity contribution in [3.05, 3.63) is 0 Å². The van der Waals surface area contributed by atoms with Crippen LogP contribution in [0.2, 0.25) is 0 Å². The summed E-state index contributed by atoms with van der Waals surface area (Å²) in [6, 6.07) is 0. The molecule has 5 atom stereocenters. The lowest BCUT2D eigenvalue weighted by atomic mass is 9.66. The molecule has 0 bridgehead atoms. The maximum Gasteiger partial charge on any atom is 0.171 e. The van der Waals surface area contributed by atoms with Gasteiger partial charge in [0, 0.05) is 12.3 Å². The molecule has 0 aromatic carbocycles. The molecule has 3 fully saturated rings. The molecule has 17 heavy (non-hydrogen) atoms. The van der Waals surface area contributed by atoms with Crippen molar-refractivity contribution in [3.63, 3.8) is 0 Å². The van der Waals surface area contributed by atoms with E-state index in [1.807, 2.05) is 6.92 Å². The summed E-state index contributed by atoms with van der Waals surface area (Å²) in [6.45, 7) is 3.19. The summed E-state index contributed by atoms with van der Waals surface area (Å²) >= 11 is 0. The molecule has 3 rings (SSSR count). The van der Waals surface area contributed by atoms with Crippen molar-refractivity contribution >= 4 is 0 Å². The second-order valence-corrected chi connectivity index (χ2v) is 5.88. The lowest BCUT2D eigenvalue weighted by Crippen LogP contribution is -2.53. The van der Waals surface area contributed by atoms with Crippen LogP contribution < -0.4 is 0 Å². The van der Waals surface area contributed by atoms with Crippen LogP contribution >= 0.6 is 0 Å². The van der Waals surface area contributed by atoms with Crippen LogP contribution in [0.15, 0.2) is 0 Å². The van der Waals surface area contributed by atoms with Crippen molar-refractivity contribution in [2.45, 2.75) is 50.6 Å². The quantitative estimate of drug-likeness (QED) is 0.772. The predicted octanol–water partition coefficient (Wildman–Crippen LogP) is 0.907. The van der Waals surface area contributed by atoms with Crippen molar-refractivity contribution < 1.29 is 19.7 Å². The zero-order valence-electron chi connectivity index (χ0n) is 10.3. The fraction of sp³-hybridized carbons (Fsp3) is 1.00. The molecule has 98 valence electrons. The summed E-state index contributed by atoms with van der Waals surface area (Å²) in [7, 11) is 0. The third-order valence-electron chi connectivity index (χ3n) is 4.84. The average Bonchev–Trinajstić information content (AvgIpc) is 2.83. The fourth-order valence-electron chi connectivity index (χ4n) is 3.95. The maximum absolute atomic E-state index is 10.1. The monoisotopic (exact) mass is 242 g/mol. The van der Waals surface area contributed by atoms with E-state index in [9.17, 15) is 10.2 Å². The van der Waals surface area contributed by atoms with Crippen molar-refractivity contribution in [3.8, 4) is 0 Å². The number of hydrogen-bond acceptors (Lipinski definition) is 4. The smallest absolute Gasteiger partial charge is 0.171 e. The molecule has 1 aliphatic heterocycles. The first-order valence-electron chi connectivity index (χ1n) is 6.76. The first kappa shape index (κ1) is 11.9. The molecule has 5 unspecified atom stereocenters. The topological polar surface area (TPSA) is 58.9 Å². The first-order chi connectivity index (χ1) is 8.12. The van der Waals surface area contributed by atoms with Crippen LogP contribution in [-0.2, 0) is 9.47 Å². The van der Waals surface area contributed by atoms with Gasteiger partial charge in [-0.1, -0.05) is 0 Å². The van der Waals surface area contributed by atoms with Gasteiger partial charge in [0.15, 0.2) is 5.79 Å². The van der Waals surface area contributed by atoms with Crippen LogP contribution in [-0.4, -0.2) is 41.4 Å². The van der Waals surface area contributed by atoms with E-state index in [2.05, 4.69) is 0 Å². The van der Waals surface area contributed by atoms with E-state index in [4.69, 9.17) is 9.47 Å². The summed E-state index contributed by atoms with van der Waals surface area (Å²) in [4.78, 5) is 0. The molecule has 0 aromatic rings. The van der Waals surface area contributed by atoms with Crippen molar-refractivity contribution in [1.29, 1.82) is 0 Å². The number of aliphatic hydroxyl groups excluding tert-OH is 2. The van der Waals surface area contributed by atoms with Crippen LogP contribution in [0, 0.1) is 17.8 Å². The molecule has 3 aliphatic rings. The van der Waals surface area contributed by atoms with E-state index in [0.717, 1.165) is 25.7 Å². The second-order valence-electron chi connectivity index (χ2n) is 5.88. The van der Waals surface area contributed by atoms with Crippen molar-refractivity contribution in [2.75, 3.05) is 13.2 Å². The third kappa shape index (κ3) is 1.82. The standard InChI is InChI=1S/C13H22O4/c1-8(14)2-3-9-10-7-13(16-4-5-17-13)11(10)6-12(9)15/h8-12,14-15H,2-7H2,1H3. The fourth-order valence-corrected chi connectivity index (χ4v) is 3.95. The molecule has 0 radical (unpaired) electrons. The van der Waals surface area contributed by atoms with Gasteiger partial charge >= 0.3 is 0 Å².